The molecule has 1 aromatic rings. The molecule has 0 spiro atoms. The number of anilines is 1. The summed E-state index contributed by atoms with van der Waals surface area (Å²) in [6.07, 6.45) is 0.227. The second-order valence-electron chi connectivity index (χ2n) is 4.58. The van der Waals surface area contributed by atoms with Crippen molar-refractivity contribution in [1.29, 1.82) is 0 Å². The third-order valence-electron chi connectivity index (χ3n) is 3.10. The van der Waals surface area contributed by atoms with E-state index >= 15 is 0 Å². The van der Waals surface area contributed by atoms with Gasteiger partial charge in [0.2, 0.25) is 0 Å². The van der Waals surface area contributed by atoms with Crippen LogP contribution in [0.5, 0.6) is 0 Å². The van der Waals surface area contributed by atoms with Gasteiger partial charge in [-0.1, -0.05) is 6.92 Å². The number of halogens is 3. The maximum absolute atomic E-state index is 12.8. The predicted molar refractivity (Wildman–Crippen MR) is 59.9 cm³/mol. The van der Waals surface area contributed by atoms with Gasteiger partial charge in [0, 0.05) is 19.3 Å². The van der Waals surface area contributed by atoms with E-state index in [-0.39, 0.29) is 5.69 Å². The topological polar surface area (TPSA) is 16.1 Å². The minimum Gasteiger partial charge on any atom is -0.370 e. The Morgan fingerprint density at radius 1 is 1.41 bits per heavy atom. The van der Waals surface area contributed by atoms with Crippen molar-refractivity contribution >= 4 is 5.69 Å². The molecule has 2 rings (SSSR count). The number of aromatic nitrogens is 1. The number of alkyl halides is 3. The van der Waals surface area contributed by atoms with Crippen LogP contribution < -0.4 is 4.90 Å². The van der Waals surface area contributed by atoms with Gasteiger partial charge >= 0.3 is 6.18 Å². The number of nitrogens with zero attached hydrogens (tertiary/aromatic N) is 2. The average Bonchev–Trinajstić information content (AvgIpc) is 2.28. The summed E-state index contributed by atoms with van der Waals surface area (Å²) in [4.78, 5) is 5.61. The first-order valence-electron chi connectivity index (χ1n) is 5.74. The molecule has 2 nitrogen and oxygen atoms in total. The Morgan fingerprint density at radius 3 is 2.82 bits per heavy atom. The normalized spacial score (nSPS) is 21.6. The Kier molecular flexibility index (Phi) is 3.26. The molecule has 17 heavy (non-hydrogen) atoms. The third-order valence-corrected chi connectivity index (χ3v) is 3.10. The monoisotopic (exact) mass is 244 g/mol. The lowest BCUT2D eigenvalue weighted by Gasteiger charge is -2.34. The molecule has 1 atom stereocenters. The molecule has 0 radical (unpaired) electrons. The smallest absolute Gasteiger partial charge is 0.370 e. The first kappa shape index (κ1) is 12.2. The second-order valence-corrected chi connectivity index (χ2v) is 4.58. The maximum atomic E-state index is 12.8. The number of piperidine rings is 1. The highest BCUT2D eigenvalue weighted by Crippen LogP contribution is 2.37. The summed E-state index contributed by atoms with van der Waals surface area (Å²) in [6.45, 7) is 3.42. The van der Waals surface area contributed by atoms with Gasteiger partial charge in [-0.05, 0) is 24.8 Å². The molecule has 0 aromatic carbocycles. The van der Waals surface area contributed by atoms with Gasteiger partial charge in [0.1, 0.15) is 0 Å². The molecule has 0 bridgehead atoms. The van der Waals surface area contributed by atoms with Crippen LogP contribution in [0.1, 0.15) is 25.3 Å². The Bertz CT molecular complexity index is 390. The van der Waals surface area contributed by atoms with Gasteiger partial charge < -0.3 is 4.90 Å². The van der Waals surface area contributed by atoms with Crippen LogP contribution in [-0.2, 0) is 6.18 Å². The molecule has 1 saturated heterocycles. The van der Waals surface area contributed by atoms with Crippen LogP contribution in [-0.4, -0.2) is 18.1 Å². The van der Waals surface area contributed by atoms with Gasteiger partial charge in [0.25, 0.3) is 0 Å². The van der Waals surface area contributed by atoms with Crippen molar-refractivity contribution in [3.63, 3.8) is 0 Å². The van der Waals surface area contributed by atoms with Gasteiger partial charge in [-0.3, -0.25) is 4.98 Å². The van der Waals surface area contributed by atoms with Crippen LogP contribution in [0, 0.1) is 5.92 Å². The fourth-order valence-corrected chi connectivity index (χ4v) is 2.29. The molecule has 1 fully saturated rings. The molecule has 1 aromatic heterocycles. The predicted octanol–water partition coefficient (Wildman–Crippen LogP) is 3.34. The van der Waals surface area contributed by atoms with E-state index in [0.29, 0.717) is 19.0 Å². The molecular weight excluding hydrogens is 229 g/mol. The molecule has 2 heterocycles. The molecule has 1 aliphatic heterocycles. The summed E-state index contributed by atoms with van der Waals surface area (Å²) in [6, 6.07) is 1.05. The van der Waals surface area contributed by atoms with Gasteiger partial charge in [0.05, 0.1) is 17.4 Å². The highest BCUT2D eigenvalue weighted by Gasteiger charge is 2.35. The molecule has 0 aliphatic carbocycles. The first-order valence-corrected chi connectivity index (χ1v) is 5.74. The molecule has 5 heteroatoms. The third kappa shape index (κ3) is 2.70. The lowest BCUT2D eigenvalue weighted by Crippen LogP contribution is -2.35. The number of pyridine rings is 1. The Labute approximate surface area is 98.5 Å². The fraction of sp³-hybridized carbons (Fsp3) is 0.583. The van der Waals surface area contributed by atoms with E-state index in [1.807, 2.05) is 0 Å². The van der Waals surface area contributed by atoms with Crippen LogP contribution in [0.2, 0.25) is 0 Å². The minimum absolute atomic E-state index is 0.214. The van der Waals surface area contributed by atoms with Crippen molar-refractivity contribution in [2.75, 3.05) is 18.0 Å². The van der Waals surface area contributed by atoms with E-state index in [9.17, 15) is 13.2 Å². The summed E-state index contributed by atoms with van der Waals surface area (Å²) >= 11 is 0. The summed E-state index contributed by atoms with van der Waals surface area (Å²) < 4.78 is 38.5. The SMILES string of the molecule is C[C@H]1CCCN(c2cnccc2C(F)(F)F)C1. The molecule has 0 amide bonds. The molecule has 1 aliphatic rings. The zero-order chi connectivity index (χ0) is 12.5. The lowest BCUT2D eigenvalue weighted by molar-refractivity contribution is -0.137. The highest BCUT2D eigenvalue weighted by atomic mass is 19.4. The number of hydrogen-bond donors (Lipinski definition) is 0. The van der Waals surface area contributed by atoms with Crippen molar-refractivity contribution in [3.05, 3.63) is 24.0 Å². The Morgan fingerprint density at radius 2 is 2.18 bits per heavy atom. The van der Waals surface area contributed by atoms with Crippen LogP contribution >= 0.6 is 0 Å². The number of rotatable bonds is 1. The standard InChI is InChI=1S/C12H15F3N2/c1-9-3-2-6-17(8-9)11-7-16-5-4-10(11)12(13,14)15/h4-5,7,9H,2-3,6,8H2,1H3/t9-/m0/s1. The lowest BCUT2D eigenvalue weighted by atomic mass is 9.99. The summed E-state index contributed by atoms with van der Waals surface area (Å²) in [5.74, 6) is 0.435. The fourth-order valence-electron chi connectivity index (χ4n) is 2.29. The number of hydrogen-bond acceptors (Lipinski definition) is 2. The molecule has 0 saturated carbocycles. The van der Waals surface area contributed by atoms with Gasteiger partial charge in [0.15, 0.2) is 0 Å². The van der Waals surface area contributed by atoms with Crippen molar-refractivity contribution in [1.82, 2.24) is 4.98 Å². The average molecular weight is 244 g/mol. The van der Waals surface area contributed by atoms with Gasteiger partial charge in [-0.15, -0.1) is 0 Å². The van der Waals surface area contributed by atoms with Crippen LogP contribution in [0.3, 0.4) is 0 Å². The summed E-state index contributed by atoms with van der Waals surface area (Å²) in [5, 5.41) is 0. The van der Waals surface area contributed by atoms with Gasteiger partial charge in [-0.2, -0.15) is 13.2 Å². The quantitative estimate of drug-likeness (QED) is 0.753. The van der Waals surface area contributed by atoms with Crippen molar-refractivity contribution in [3.8, 4) is 0 Å². The highest BCUT2D eigenvalue weighted by molar-refractivity contribution is 5.53. The first-order chi connectivity index (χ1) is 7.98. The zero-order valence-electron chi connectivity index (χ0n) is 9.67. The Hall–Kier alpha value is -1.26. The molecule has 94 valence electrons. The summed E-state index contributed by atoms with van der Waals surface area (Å²) in [5.41, 5.74) is -0.367. The molecule has 0 N–H and O–H groups in total. The molecule has 0 unspecified atom stereocenters. The van der Waals surface area contributed by atoms with E-state index in [4.69, 9.17) is 0 Å². The van der Waals surface area contributed by atoms with E-state index in [1.54, 1.807) is 4.90 Å². The minimum atomic E-state index is -4.31. The largest absolute Gasteiger partial charge is 0.418 e. The van der Waals surface area contributed by atoms with Crippen LogP contribution in [0.25, 0.3) is 0 Å². The van der Waals surface area contributed by atoms with Gasteiger partial charge in [-0.25, -0.2) is 0 Å². The van der Waals surface area contributed by atoms with Crippen LogP contribution in [0.4, 0.5) is 18.9 Å². The van der Waals surface area contributed by atoms with Crippen molar-refractivity contribution in [2.24, 2.45) is 5.92 Å². The van der Waals surface area contributed by atoms with E-state index < -0.39 is 11.7 Å². The van der Waals surface area contributed by atoms with Crippen molar-refractivity contribution in [2.45, 2.75) is 25.9 Å². The zero-order valence-corrected chi connectivity index (χ0v) is 9.67. The second kappa shape index (κ2) is 4.55. The van der Waals surface area contributed by atoms with Crippen molar-refractivity contribution < 1.29 is 13.2 Å². The molecular formula is C12H15F3N2. The maximum Gasteiger partial charge on any atom is 0.418 e. The van der Waals surface area contributed by atoms with Crippen LogP contribution in [0.15, 0.2) is 18.5 Å². The van der Waals surface area contributed by atoms with E-state index in [1.165, 1.54) is 12.4 Å². The summed E-state index contributed by atoms with van der Waals surface area (Å²) in [7, 11) is 0. The Balaban J connectivity index is 2.31. The van der Waals surface area contributed by atoms with E-state index in [2.05, 4.69) is 11.9 Å². The van der Waals surface area contributed by atoms with E-state index in [0.717, 1.165) is 18.9 Å².